The van der Waals surface area contributed by atoms with E-state index in [0.717, 1.165) is 25.8 Å². The largest absolute Gasteiger partial charge is 0.332 e. The zero-order chi connectivity index (χ0) is 14.4. The van der Waals surface area contributed by atoms with Crippen LogP contribution in [0.15, 0.2) is 17.8 Å². The second kappa shape index (κ2) is 7.07. The monoisotopic (exact) mass is 277 g/mol. The number of carbonyl (C=O) groups is 1. The van der Waals surface area contributed by atoms with Crippen LogP contribution in [0.5, 0.6) is 0 Å². The third-order valence-corrected chi connectivity index (χ3v) is 3.46. The van der Waals surface area contributed by atoms with E-state index >= 15 is 0 Å². The molecular weight excluding hydrogens is 254 g/mol. The minimum atomic E-state index is -0.229. The van der Waals surface area contributed by atoms with Crippen molar-refractivity contribution < 1.29 is 4.79 Å². The highest BCUT2D eigenvalue weighted by molar-refractivity contribution is 5.88. The Balaban J connectivity index is 1.83. The Labute approximate surface area is 119 Å². The molecule has 0 aromatic carbocycles. The lowest BCUT2D eigenvalue weighted by Gasteiger charge is -2.20. The highest BCUT2D eigenvalue weighted by atomic mass is 16.2. The predicted octanol–water partition coefficient (Wildman–Crippen LogP) is 2.70. The first-order valence-corrected chi connectivity index (χ1v) is 7.35. The maximum absolute atomic E-state index is 11.9. The van der Waals surface area contributed by atoms with Crippen molar-refractivity contribution >= 4 is 11.8 Å². The predicted molar refractivity (Wildman–Crippen MR) is 78.5 cm³/mol. The molecule has 1 aromatic rings. The van der Waals surface area contributed by atoms with E-state index in [2.05, 4.69) is 33.9 Å². The molecule has 6 nitrogen and oxygen atoms in total. The van der Waals surface area contributed by atoms with Crippen LogP contribution in [0.4, 0.5) is 10.6 Å². The Bertz CT molecular complexity index is 480. The van der Waals surface area contributed by atoms with E-state index in [1.165, 1.54) is 18.4 Å². The molecule has 1 aliphatic carbocycles. The lowest BCUT2D eigenvalue weighted by Crippen LogP contribution is -2.37. The number of anilines is 1. The van der Waals surface area contributed by atoms with Crippen LogP contribution in [-0.4, -0.2) is 27.1 Å². The topological polar surface area (TPSA) is 71.8 Å². The van der Waals surface area contributed by atoms with Crippen LogP contribution in [0.3, 0.4) is 0 Å². The van der Waals surface area contributed by atoms with Gasteiger partial charge in [-0.3, -0.25) is 10.00 Å². The Morgan fingerprint density at radius 1 is 1.50 bits per heavy atom. The molecule has 0 bridgehead atoms. The number of amides is 2. The van der Waals surface area contributed by atoms with Gasteiger partial charge in [0.05, 0.1) is 6.20 Å². The van der Waals surface area contributed by atoms with E-state index < -0.39 is 0 Å². The third-order valence-electron chi connectivity index (χ3n) is 3.46. The first-order valence-electron chi connectivity index (χ1n) is 7.35. The molecule has 1 aromatic heterocycles. The molecule has 0 radical (unpaired) electrons. The lowest BCUT2D eigenvalue weighted by molar-refractivity contribution is 0.250. The van der Waals surface area contributed by atoms with E-state index in [9.17, 15) is 4.79 Å². The molecule has 1 atom stereocenters. The number of rotatable bonds is 5. The summed E-state index contributed by atoms with van der Waals surface area (Å²) in [7, 11) is 0. The van der Waals surface area contributed by atoms with Crippen LogP contribution in [0.25, 0.3) is 0 Å². The van der Waals surface area contributed by atoms with Gasteiger partial charge in [0, 0.05) is 12.6 Å². The van der Waals surface area contributed by atoms with Gasteiger partial charge in [0.1, 0.15) is 0 Å². The highest BCUT2D eigenvalue weighted by Crippen LogP contribution is 2.20. The molecule has 0 spiro atoms. The SMILES string of the molecule is CCCn1cc(NC(=O)N[C@H](C)C2=CCCCC2)nn1. The first kappa shape index (κ1) is 14.6. The van der Waals surface area contributed by atoms with Crippen LogP contribution in [-0.2, 0) is 6.54 Å². The number of urea groups is 1. The van der Waals surface area contributed by atoms with Crippen molar-refractivity contribution in [2.75, 3.05) is 5.32 Å². The van der Waals surface area contributed by atoms with Crippen molar-refractivity contribution in [3.8, 4) is 0 Å². The summed E-state index contributed by atoms with van der Waals surface area (Å²) < 4.78 is 1.72. The summed E-state index contributed by atoms with van der Waals surface area (Å²) in [5.74, 6) is 0.487. The van der Waals surface area contributed by atoms with Crippen molar-refractivity contribution in [3.63, 3.8) is 0 Å². The summed E-state index contributed by atoms with van der Waals surface area (Å²) in [6, 6.07) is -0.159. The van der Waals surface area contributed by atoms with Crippen molar-refractivity contribution in [2.24, 2.45) is 0 Å². The quantitative estimate of drug-likeness (QED) is 0.813. The fourth-order valence-corrected chi connectivity index (χ4v) is 2.39. The van der Waals surface area contributed by atoms with Crippen LogP contribution in [0.1, 0.15) is 46.0 Å². The molecule has 0 saturated carbocycles. The summed E-state index contributed by atoms with van der Waals surface area (Å²) in [5, 5.41) is 13.5. The number of aromatic nitrogens is 3. The molecule has 0 saturated heterocycles. The van der Waals surface area contributed by atoms with Gasteiger partial charge in [-0.05, 0) is 39.0 Å². The molecule has 0 aliphatic heterocycles. The standard InChI is InChI=1S/C14H23N5O/c1-3-9-19-10-13(17-18-19)16-14(20)15-11(2)12-7-5-4-6-8-12/h7,10-11H,3-6,8-9H2,1-2H3,(H2,15,16,20)/t11-/m1/s1. The van der Waals surface area contributed by atoms with Gasteiger partial charge in [0.25, 0.3) is 0 Å². The van der Waals surface area contributed by atoms with E-state index in [0.29, 0.717) is 5.82 Å². The average Bonchev–Trinajstić information content (AvgIpc) is 2.87. The molecule has 1 aliphatic rings. The van der Waals surface area contributed by atoms with Gasteiger partial charge in [-0.2, -0.15) is 0 Å². The first-order chi connectivity index (χ1) is 9.69. The zero-order valence-electron chi connectivity index (χ0n) is 12.2. The van der Waals surface area contributed by atoms with Gasteiger partial charge in [-0.1, -0.05) is 23.8 Å². The Kier molecular flexibility index (Phi) is 5.15. The Morgan fingerprint density at radius 3 is 3.05 bits per heavy atom. The maximum atomic E-state index is 11.9. The fraction of sp³-hybridized carbons (Fsp3) is 0.643. The Hall–Kier alpha value is -1.85. The van der Waals surface area contributed by atoms with E-state index in [1.54, 1.807) is 10.9 Å². The minimum absolute atomic E-state index is 0.0704. The van der Waals surface area contributed by atoms with Crippen molar-refractivity contribution in [2.45, 2.75) is 58.5 Å². The van der Waals surface area contributed by atoms with Gasteiger partial charge in [0.15, 0.2) is 5.82 Å². The van der Waals surface area contributed by atoms with Gasteiger partial charge >= 0.3 is 6.03 Å². The van der Waals surface area contributed by atoms with E-state index in [1.807, 2.05) is 6.92 Å². The van der Waals surface area contributed by atoms with E-state index in [-0.39, 0.29) is 12.1 Å². The summed E-state index contributed by atoms with van der Waals surface area (Å²) in [5.41, 5.74) is 1.32. The van der Waals surface area contributed by atoms with Crippen molar-refractivity contribution in [1.29, 1.82) is 0 Å². The minimum Gasteiger partial charge on any atom is -0.332 e. The molecule has 1 heterocycles. The smallest absolute Gasteiger partial charge is 0.320 e. The highest BCUT2D eigenvalue weighted by Gasteiger charge is 2.14. The van der Waals surface area contributed by atoms with Crippen LogP contribution >= 0.6 is 0 Å². The number of allylic oxidation sites excluding steroid dienone is 1. The molecule has 2 amide bonds. The molecule has 110 valence electrons. The summed E-state index contributed by atoms with van der Waals surface area (Å²) in [6.07, 6.45) is 9.63. The molecule has 0 unspecified atom stereocenters. The molecule has 2 N–H and O–H groups in total. The maximum Gasteiger partial charge on any atom is 0.320 e. The number of hydrogen-bond donors (Lipinski definition) is 2. The zero-order valence-corrected chi connectivity index (χ0v) is 12.2. The molecular formula is C14H23N5O. The van der Waals surface area contributed by atoms with Gasteiger partial charge in [-0.25, -0.2) is 4.79 Å². The summed E-state index contributed by atoms with van der Waals surface area (Å²) in [4.78, 5) is 11.9. The number of nitrogens with zero attached hydrogens (tertiary/aromatic N) is 3. The summed E-state index contributed by atoms with van der Waals surface area (Å²) >= 11 is 0. The Morgan fingerprint density at radius 2 is 2.35 bits per heavy atom. The van der Waals surface area contributed by atoms with Crippen molar-refractivity contribution in [3.05, 3.63) is 17.8 Å². The average molecular weight is 277 g/mol. The fourth-order valence-electron chi connectivity index (χ4n) is 2.39. The molecule has 0 fully saturated rings. The summed E-state index contributed by atoms with van der Waals surface area (Å²) in [6.45, 7) is 4.89. The van der Waals surface area contributed by atoms with Crippen LogP contribution in [0.2, 0.25) is 0 Å². The van der Waals surface area contributed by atoms with Gasteiger partial charge < -0.3 is 5.32 Å². The van der Waals surface area contributed by atoms with Gasteiger partial charge in [-0.15, -0.1) is 5.10 Å². The number of nitrogens with one attached hydrogen (secondary N) is 2. The molecule has 20 heavy (non-hydrogen) atoms. The molecule has 6 heteroatoms. The second-order valence-corrected chi connectivity index (χ2v) is 5.21. The second-order valence-electron chi connectivity index (χ2n) is 5.21. The van der Waals surface area contributed by atoms with Gasteiger partial charge in [0.2, 0.25) is 0 Å². The number of aryl methyl sites for hydroxylation is 1. The van der Waals surface area contributed by atoms with E-state index in [4.69, 9.17) is 0 Å². The van der Waals surface area contributed by atoms with Crippen molar-refractivity contribution in [1.82, 2.24) is 20.3 Å². The molecule has 2 rings (SSSR count). The third kappa shape index (κ3) is 4.08. The number of hydrogen-bond acceptors (Lipinski definition) is 3. The lowest BCUT2D eigenvalue weighted by atomic mass is 9.95. The van der Waals surface area contributed by atoms with Crippen LogP contribution < -0.4 is 10.6 Å². The number of carbonyl (C=O) groups excluding carboxylic acids is 1. The van der Waals surface area contributed by atoms with Crippen LogP contribution in [0, 0.1) is 0 Å². The normalized spacial score (nSPS) is 16.4.